The van der Waals surface area contributed by atoms with E-state index in [1.165, 1.54) is 0 Å². The summed E-state index contributed by atoms with van der Waals surface area (Å²) in [4.78, 5) is 43.1. The predicted octanol–water partition coefficient (Wildman–Crippen LogP) is 9.26. The molecule has 52 heavy (non-hydrogen) atoms. The van der Waals surface area contributed by atoms with E-state index in [-0.39, 0.29) is 67.6 Å². The van der Waals surface area contributed by atoms with Crippen molar-refractivity contribution in [3.8, 4) is 0 Å². The Labute approximate surface area is 314 Å². The smallest absolute Gasteiger partial charge is 0.339 e. The van der Waals surface area contributed by atoms with Gasteiger partial charge in [-0.2, -0.15) is 0 Å². The topological polar surface area (TPSA) is 84.9 Å². The second-order valence-electron chi connectivity index (χ2n) is 20.2. The highest BCUT2D eigenvalue weighted by Gasteiger charge is 2.69. The van der Waals surface area contributed by atoms with Gasteiger partial charge in [0.15, 0.2) is 0 Å². The fourth-order valence-electron chi connectivity index (χ4n) is 12.7. The number of likely N-dealkylation sites (N-methyl/N-ethyl adjacent to an activating group) is 1. The maximum Gasteiger partial charge on any atom is 0.339 e. The van der Waals surface area contributed by atoms with Gasteiger partial charge in [-0.1, -0.05) is 72.2 Å². The highest BCUT2D eigenvalue weighted by atomic mass is 16.6. The minimum Gasteiger partial charge on any atom is -0.459 e. The molecular formula is C45H68N2O5. The van der Waals surface area contributed by atoms with E-state index < -0.39 is 11.9 Å². The van der Waals surface area contributed by atoms with E-state index in [0.29, 0.717) is 18.4 Å². The Balaban J connectivity index is 1.27. The van der Waals surface area contributed by atoms with Crippen molar-refractivity contribution in [1.82, 2.24) is 10.2 Å². The molecule has 5 aliphatic carbocycles. The molecule has 0 heterocycles. The SMILES string of the molecule is CC(C)OC(=O)c1ccccc1C(=O)OC1CC[C@]2(C)[C@H]3CC=C4[C@@H]5CC(C)(C)CC[C@]5(C(=O)NCCN(C)C)CC[C@@]4(C)[C@]3(C)CC[C@H]2C1(C)C. The van der Waals surface area contributed by atoms with Gasteiger partial charge >= 0.3 is 11.9 Å². The molecule has 5 aliphatic rings. The van der Waals surface area contributed by atoms with Gasteiger partial charge in [0.05, 0.1) is 22.6 Å². The number of carbonyl (C=O) groups is 3. The summed E-state index contributed by atoms with van der Waals surface area (Å²) in [7, 11) is 4.13. The van der Waals surface area contributed by atoms with Crippen LogP contribution >= 0.6 is 0 Å². The van der Waals surface area contributed by atoms with E-state index in [0.717, 1.165) is 70.8 Å². The van der Waals surface area contributed by atoms with Crippen LogP contribution in [0.25, 0.3) is 0 Å². The lowest BCUT2D eigenvalue weighted by Crippen LogP contribution is -2.65. The van der Waals surface area contributed by atoms with Crippen molar-refractivity contribution in [3.63, 3.8) is 0 Å². The van der Waals surface area contributed by atoms with Gasteiger partial charge in [-0.05, 0) is 144 Å². The fourth-order valence-corrected chi connectivity index (χ4v) is 12.7. The van der Waals surface area contributed by atoms with E-state index in [9.17, 15) is 14.4 Å². The molecule has 6 rings (SSSR count). The van der Waals surface area contributed by atoms with Crippen molar-refractivity contribution < 1.29 is 23.9 Å². The van der Waals surface area contributed by atoms with Crippen LogP contribution < -0.4 is 5.32 Å². The Morgan fingerprint density at radius 2 is 1.50 bits per heavy atom. The summed E-state index contributed by atoms with van der Waals surface area (Å²) in [5, 5.41) is 3.40. The normalized spacial score (nSPS) is 37.4. The van der Waals surface area contributed by atoms with Crippen LogP contribution in [0.5, 0.6) is 0 Å². The molecule has 0 saturated heterocycles. The number of nitrogens with zero attached hydrogens (tertiary/aromatic N) is 1. The van der Waals surface area contributed by atoms with E-state index in [1.807, 2.05) is 13.8 Å². The molecule has 1 amide bonds. The minimum absolute atomic E-state index is 0.0389. The molecule has 1 aromatic rings. The summed E-state index contributed by atoms with van der Waals surface area (Å²) >= 11 is 0. The number of benzene rings is 1. The molecule has 4 saturated carbocycles. The molecule has 4 fully saturated rings. The summed E-state index contributed by atoms with van der Waals surface area (Å²) in [6.07, 6.45) is 12.4. The maximum absolute atomic E-state index is 14.3. The summed E-state index contributed by atoms with van der Waals surface area (Å²) in [6.45, 7) is 22.4. The fraction of sp³-hybridized carbons (Fsp3) is 0.756. The molecule has 1 aromatic carbocycles. The number of ether oxygens (including phenoxy) is 2. The Bertz CT molecular complexity index is 1590. The first-order valence-electron chi connectivity index (χ1n) is 20.4. The molecule has 0 spiro atoms. The Morgan fingerprint density at radius 1 is 0.846 bits per heavy atom. The van der Waals surface area contributed by atoms with E-state index in [4.69, 9.17) is 9.47 Å². The van der Waals surface area contributed by atoms with Crippen LogP contribution in [0, 0.1) is 50.2 Å². The first kappa shape index (κ1) is 39.0. The van der Waals surface area contributed by atoms with Crippen molar-refractivity contribution in [2.45, 2.75) is 139 Å². The molecule has 1 unspecified atom stereocenters. The molecule has 0 aliphatic heterocycles. The van der Waals surface area contributed by atoms with Crippen LogP contribution in [0.4, 0.5) is 0 Å². The molecule has 8 atom stereocenters. The number of rotatable bonds is 8. The Morgan fingerprint density at radius 3 is 2.15 bits per heavy atom. The zero-order valence-corrected chi connectivity index (χ0v) is 34.2. The van der Waals surface area contributed by atoms with Crippen LogP contribution in [0.3, 0.4) is 0 Å². The third-order valence-electron chi connectivity index (χ3n) is 15.8. The van der Waals surface area contributed by atoms with Crippen LogP contribution in [-0.2, 0) is 14.3 Å². The Kier molecular flexibility index (Phi) is 10.2. The average molecular weight is 717 g/mol. The van der Waals surface area contributed by atoms with Crippen LogP contribution in [0.1, 0.15) is 147 Å². The van der Waals surface area contributed by atoms with Gasteiger partial charge in [-0.15, -0.1) is 0 Å². The second kappa shape index (κ2) is 13.6. The summed E-state index contributed by atoms with van der Waals surface area (Å²) in [6, 6.07) is 6.87. The van der Waals surface area contributed by atoms with Gasteiger partial charge in [0, 0.05) is 18.5 Å². The van der Waals surface area contributed by atoms with E-state index in [2.05, 4.69) is 78.9 Å². The highest BCUT2D eigenvalue weighted by molar-refractivity contribution is 6.03. The highest BCUT2D eigenvalue weighted by Crippen LogP contribution is 2.76. The van der Waals surface area contributed by atoms with Crippen molar-refractivity contribution in [3.05, 3.63) is 47.0 Å². The molecule has 7 heteroatoms. The maximum atomic E-state index is 14.3. The lowest BCUT2D eigenvalue weighted by Gasteiger charge is -2.71. The quantitative estimate of drug-likeness (QED) is 0.213. The van der Waals surface area contributed by atoms with Crippen molar-refractivity contribution in [1.29, 1.82) is 0 Å². The molecule has 1 N–H and O–H groups in total. The lowest BCUT2D eigenvalue weighted by atomic mass is 9.33. The number of fused-ring (bicyclic) bond motifs is 7. The third kappa shape index (κ3) is 6.27. The summed E-state index contributed by atoms with van der Waals surface area (Å²) < 4.78 is 11.9. The number of esters is 2. The van der Waals surface area contributed by atoms with Gasteiger partial charge in [-0.3, -0.25) is 4.79 Å². The number of allylic oxidation sites excluding steroid dienone is 2. The minimum atomic E-state index is -0.496. The molecule has 0 aromatic heterocycles. The summed E-state index contributed by atoms with van der Waals surface area (Å²) in [5.74, 6) is 0.531. The zero-order valence-electron chi connectivity index (χ0n) is 34.2. The van der Waals surface area contributed by atoms with Crippen LogP contribution in [0.15, 0.2) is 35.9 Å². The van der Waals surface area contributed by atoms with Gasteiger partial charge in [-0.25, -0.2) is 9.59 Å². The van der Waals surface area contributed by atoms with Crippen molar-refractivity contribution >= 4 is 17.8 Å². The molecule has 288 valence electrons. The first-order chi connectivity index (χ1) is 24.2. The van der Waals surface area contributed by atoms with Crippen molar-refractivity contribution in [2.75, 3.05) is 27.2 Å². The second-order valence-corrected chi connectivity index (χ2v) is 20.2. The largest absolute Gasteiger partial charge is 0.459 e. The van der Waals surface area contributed by atoms with E-state index in [1.54, 1.807) is 29.8 Å². The predicted molar refractivity (Wildman–Crippen MR) is 207 cm³/mol. The lowest BCUT2D eigenvalue weighted by molar-refractivity contribution is -0.204. The molecule has 7 nitrogen and oxygen atoms in total. The van der Waals surface area contributed by atoms with Gasteiger partial charge in [0.2, 0.25) is 5.91 Å². The number of nitrogens with one attached hydrogen (secondary N) is 1. The monoisotopic (exact) mass is 717 g/mol. The number of amides is 1. The molecular weight excluding hydrogens is 649 g/mol. The average Bonchev–Trinajstić information content (AvgIpc) is 3.05. The number of hydrogen-bond donors (Lipinski definition) is 1. The number of carbonyl (C=O) groups excluding carboxylic acids is 3. The zero-order chi connectivity index (χ0) is 38.1. The Hall–Kier alpha value is -2.67. The third-order valence-corrected chi connectivity index (χ3v) is 15.8. The van der Waals surface area contributed by atoms with Crippen LogP contribution in [0.2, 0.25) is 0 Å². The molecule has 0 radical (unpaired) electrons. The first-order valence-corrected chi connectivity index (χ1v) is 20.4. The van der Waals surface area contributed by atoms with Gasteiger partial charge < -0.3 is 19.7 Å². The van der Waals surface area contributed by atoms with Gasteiger partial charge in [0.1, 0.15) is 6.10 Å². The van der Waals surface area contributed by atoms with Gasteiger partial charge in [0.25, 0.3) is 0 Å². The molecule has 0 bridgehead atoms. The standard InChI is InChI=1S/C45H68N2O5/c1-29(2)51-37(48)30-14-12-13-15-31(30)38(49)52-36-19-20-42(7)34(41(36,5)6)18-21-44(9)35(42)17-16-32-33-28-40(3,4)22-24-45(33,25-23-43(32,44)8)39(50)46-26-27-47(10)11/h12-16,29,33-36H,17-28H2,1-11H3,(H,46,50)/t33-,34-,35+,36?,42-,43+,44+,45-/m0/s1. The summed E-state index contributed by atoms with van der Waals surface area (Å²) in [5.41, 5.74) is 2.04. The number of hydrogen-bond acceptors (Lipinski definition) is 6. The van der Waals surface area contributed by atoms with Crippen molar-refractivity contribution in [2.24, 2.45) is 50.2 Å². The van der Waals surface area contributed by atoms with Crippen LogP contribution in [-0.4, -0.2) is 62.1 Å². The van der Waals surface area contributed by atoms with E-state index >= 15 is 0 Å².